The molecular formula is C23H43NO4Si. The Morgan fingerprint density at radius 2 is 1.76 bits per heavy atom. The average molecular weight is 426 g/mol. The standard InChI is InChI=1S/C23H43NO4Si/c1-11-17(24-19(26)27-20(2,3)4)14-18(25)23(28-29(8,9)10)15-16-12-13-22(23,7)21(16,5)6/h16-17H,11-15H2,1-10H3,(H,24,26)/t16-,17-,22-,23-/m1/s1. The monoisotopic (exact) mass is 425 g/mol. The van der Waals surface area contributed by atoms with Gasteiger partial charge in [-0.15, -0.1) is 0 Å². The third-order valence-corrected chi connectivity index (χ3v) is 8.40. The number of rotatable bonds is 7. The van der Waals surface area contributed by atoms with Crippen LogP contribution in [-0.2, 0) is 14.0 Å². The highest BCUT2D eigenvalue weighted by Crippen LogP contribution is 2.71. The van der Waals surface area contributed by atoms with Crippen LogP contribution in [0.2, 0.25) is 19.6 Å². The van der Waals surface area contributed by atoms with E-state index in [2.05, 4.69) is 45.7 Å². The summed E-state index contributed by atoms with van der Waals surface area (Å²) in [5.41, 5.74) is -1.40. The Morgan fingerprint density at radius 3 is 2.14 bits per heavy atom. The van der Waals surface area contributed by atoms with Crippen LogP contribution in [0, 0.1) is 16.7 Å². The van der Waals surface area contributed by atoms with Gasteiger partial charge in [-0.2, -0.15) is 0 Å². The molecule has 29 heavy (non-hydrogen) atoms. The Hall–Kier alpha value is -0.883. The third kappa shape index (κ3) is 4.58. The summed E-state index contributed by atoms with van der Waals surface area (Å²) >= 11 is 0. The zero-order valence-electron chi connectivity index (χ0n) is 20.3. The Bertz CT molecular complexity index is 648. The van der Waals surface area contributed by atoms with Crippen LogP contribution in [0.25, 0.3) is 0 Å². The first-order valence-electron chi connectivity index (χ1n) is 11.2. The summed E-state index contributed by atoms with van der Waals surface area (Å²) < 4.78 is 12.2. The van der Waals surface area contributed by atoms with E-state index in [1.165, 1.54) is 6.42 Å². The first-order valence-corrected chi connectivity index (χ1v) is 14.6. The number of ketones is 1. The fourth-order valence-electron chi connectivity index (χ4n) is 5.56. The van der Waals surface area contributed by atoms with E-state index in [1.807, 2.05) is 27.7 Å². The number of hydrogen-bond donors (Lipinski definition) is 1. The van der Waals surface area contributed by atoms with E-state index in [9.17, 15) is 9.59 Å². The molecule has 2 bridgehead atoms. The Morgan fingerprint density at radius 1 is 1.17 bits per heavy atom. The van der Waals surface area contributed by atoms with Gasteiger partial charge in [0, 0.05) is 17.9 Å². The molecule has 0 aromatic heterocycles. The predicted octanol–water partition coefficient (Wildman–Crippen LogP) is 5.69. The third-order valence-electron chi connectivity index (χ3n) is 7.44. The Labute approximate surface area is 178 Å². The van der Waals surface area contributed by atoms with Gasteiger partial charge < -0.3 is 14.5 Å². The van der Waals surface area contributed by atoms with E-state index in [1.54, 1.807) is 0 Å². The maximum Gasteiger partial charge on any atom is 0.407 e. The second-order valence-corrected chi connectivity index (χ2v) is 16.3. The molecule has 168 valence electrons. The van der Waals surface area contributed by atoms with Crippen LogP contribution in [0.1, 0.15) is 80.6 Å². The van der Waals surface area contributed by atoms with Gasteiger partial charge in [0.05, 0.1) is 0 Å². The van der Waals surface area contributed by atoms with Crippen LogP contribution in [0.5, 0.6) is 0 Å². The van der Waals surface area contributed by atoms with Gasteiger partial charge in [-0.25, -0.2) is 4.79 Å². The van der Waals surface area contributed by atoms with E-state index in [-0.39, 0.29) is 22.7 Å². The molecule has 1 amide bonds. The average Bonchev–Trinajstić information content (AvgIpc) is 2.83. The van der Waals surface area contributed by atoms with Gasteiger partial charge in [-0.3, -0.25) is 4.79 Å². The van der Waals surface area contributed by atoms with Gasteiger partial charge in [0.2, 0.25) is 0 Å². The van der Waals surface area contributed by atoms with E-state index < -0.39 is 25.6 Å². The van der Waals surface area contributed by atoms with E-state index in [0.29, 0.717) is 18.8 Å². The lowest BCUT2D eigenvalue weighted by molar-refractivity contribution is -0.152. The normalized spacial score (nSPS) is 32.1. The largest absolute Gasteiger partial charge is 0.444 e. The maximum absolute atomic E-state index is 13.9. The summed E-state index contributed by atoms with van der Waals surface area (Å²) in [4.78, 5) is 26.1. The zero-order chi connectivity index (χ0) is 22.5. The Kier molecular flexibility index (Phi) is 6.45. The van der Waals surface area contributed by atoms with Crippen molar-refractivity contribution in [1.82, 2.24) is 5.32 Å². The number of carbonyl (C=O) groups is 2. The molecule has 0 heterocycles. The highest BCUT2D eigenvalue weighted by molar-refractivity contribution is 6.70. The number of Topliss-reactive ketones (excluding diaryl/α,β-unsaturated/α-hetero) is 1. The lowest BCUT2D eigenvalue weighted by atomic mass is 9.62. The van der Waals surface area contributed by atoms with Crippen LogP contribution in [0.3, 0.4) is 0 Å². The van der Waals surface area contributed by atoms with Crippen molar-refractivity contribution >= 4 is 20.2 Å². The molecular weight excluding hydrogens is 382 g/mol. The van der Waals surface area contributed by atoms with Crippen molar-refractivity contribution in [3.05, 3.63) is 0 Å². The van der Waals surface area contributed by atoms with E-state index >= 15 is 0 Å². The molecule has 2 saturated carbocycles. The summed E-state index contributed by atoms with van der Waals surface area (Å²) in [6, 6.07) is -0.245. The SMILES string of the molecule is CC[C@H](CC(=O)[C@]1(O[Si](C)(C)C)C[C@H]2CC[C@]1(C)C2(C)C)NC(=O)OC(C)(C)C. The van der Waals surface area contributed by atoms with E-state index in [0.717, 1.165) is 12.8 Å². The molecule has 1 N–H and O–H groups in total. The molecule has 0 aromatic rings. The molecule has 0 saturated heterocycles. The topological polar surface area (TPSA) is 64.6 Å². The number of ether oxygens (including phenoxy) is 1. The van der Waals surface area contributed by atoms with Crippen molar-refractivity contribution in [2.45, 2.75) is 117 Å². The summed E-state index contributed by atoms with van der Waals surface area (Å²) in [7, 11) is -1.96. The maximum atomic E-state index is 13.9. The van der Waals surface area contributed by atoms with Crippen molar-refractivity contribution in [2.75, 3.05) is 0 Å². The van der Waals surface area contributed by atoms with Gasteiger partial charge in [-0.05, 0) is 77.4 Å². The molecule has 4 atom stereocenters. The Balaban J connectivity index is 2.27. The smallest absolute Gasteiger partial charge is 0.407 e. The molecule has 0 unspecified atom stereocenters. The van der Waals surface area contributed by atoms with Crippen molar-refractivity contribution in [2.24, 2.45) is 16.7 Å². The minimum Gasteiger partial charge on any atom is -0.444 e. The van der Waals surface area contributed by atoms with Crippen LogP contribution >= 0.6 is 0 Å². The molecule has 2 aliphatic carbocycles. The molecule has 0 radical (unpaired) electrons. The minimum atomic E-state index is -1.96. The summed E-state index contributed by atoms with van der Waals surface area (Å²) in [5.74, 6) is 0.660. The van der Waals surface area contributed by atoms with Crippen LogP contribution < -0.4 is 5.32 Å². The first-order chi connectivity index (χ1) is 13.0. The number of amides is 1. The lowest BCUT2D eigenvalue weighted by Gasteiger charge is -2.50. The second-order valence-electron chi connectivity index (χ2n) is 11.9. The molecule has 2 fully saturated rings. The number of hydrogen-bond acceptors (Lipinski definition) is 4. The molecule has 0 aliphatic heterocycles. The highest BCUT2D eigenvalue weighted by atomic mass is 28.4. The molecule has 5 nitrogen and oxygen atoms in total. The predicted molar refractivity (Wildman–Crippen MR) is 119 cm³/mol. The molecule has 6 heteroatoms. The van der Waals surface area contributed by atoms with Crippen LogP contribution in [-0.4, -0.2) is 37.4 Å². The number of carbonyl (C=O) groups excluding carboxylic acids is 2. The molecule has 0 aromatic carbocycles. The van der Waals surface area contributed by atoms with Crippen molar-refractivity contribution in [3.63, 3.8) is 0 Å². The van der Waals surface area contributed by atoms with Gasteiger partial charge in [0.15, 0.2) is 14.1 Å². The van der Waals surface area contributed by atoms with Crippen molar-refractivity contribution in [1.29, 1.82) is 0 Å². The summed E-state index contributed by atoms with van der Waals surface area (Å²) in [5, 5.41) is 2.91. The van der Waals surface area contributed by atoms with Gasteiger partial charge in [-0.1, -0.05) is 27.7 Å². The second kappa shape index (κ2) is 7.67. The fraction of sp³-hybridized carbons (Fsp3) is 0.913. The minimum absolute atomic E-state index is 0.0720. The fourth-order valence-corrected chi connectivity index (χ4v) is 7.03. The molecule has 0 spiro atoms. The zero-order valence-corrected chi connectivity index (χ0v) is 21.3. The highest BCUT2D eigenvalue weighted by Gasteiger charge is 2.72. The van der Waals surface area contributed by atoms with Gasteiger partial charge >= 0.3 is 6.09 Å². The number of alkyl carbamates (subject to hydrolysis) is 1. The quantitative estimate of drug-likeness (QED) is 0.533. The first kappa shape index (κ1) is 24.4. The molecule has 2 aliphatic rings. The lowest BCUT2D eigenvalue weighted by Crippen LogP contribution is -2.59. The molecule has 2 rings (SSSR count). The van der Waals surface area contributed by atoms with Gasteiger partial charge in [0.25, 0.3) is 0 Å². The van der Waals surface area contributed by atoms with Crippen molar-refractivity contribution < 1.29 is 18.8 Å². The van der Waals surface area contributed by atoms with Gasteiger partial charge in [0.1, 0.15) is 11.2 Å². The van der Waals surface area contributed by atoms with E-state index in [4.69, 9.17) is 9.16 Å². The number of nitrogens with one attached hydrogen (secondary N) is 1. The number of fused-ring (bicyclic) bond motifs is 2. The summed E-state index contributed by atoms with van der Waals surface area (Å²) in [6.45, 7) is 20.9. The van der Waals surface area contributed by atoms with Crippen molar-refractivity contribution in [3.8, 4) is 0 Å². The van der Waals surface area contributed by atoms with Crippen LogP contribution in [0.15, 0.2) is 0 Å². The summed E-state index contributed by atoms with van der Waals surface area (Å²) in [6.07, 6.45) is 3.51. The van der Waals surface area contributed by atoms with Crippen LogP contribution in [0.4, 0.5) is 4.79 Å².